The number of amides is 2. The van der Waals surface area contributed by atoms with Crippen LogP contribution in [0.3, 0.4) is 0 Å². The highest BCUT2D eigenvalue weighted by molar-refractivity contribution is 7.93. The van der Waals surface area contributed by atoms with Crippen LogP contribution in [0.15, 0.2) is 24.3 Å². The summed E-state index contributed by atoms with van der Waals surface area (Å²) in [7, 11) is -0.482. The van der Waals surface area contributed by atoms with E-state index in [1.54, 1.807) is 18.2 Å². The molecule has 0 radical (unpaired) electrons. The summed E-state index contributed by atoms with van der Waals surface area (Å²) >= 11 is 0. The predicted molar refractivity (Wildman–Crippen MR) is 91.6 cm³/mol. The second-order valence-corrected chi connectivity index (χ2v) is 7.37. The molecule has 0 aliphatic carbocycles. The van der Waals surface area contributed by atoms with Gasteiger partial charge in [-0.3, -0.25) is 13.9 Å². The second-order valence-electron chi connectivity index (χ2n) is 5.36. The first-order chi connectivity index (χ1) is 11.9. The van der Waals surface area contributed by atoms with E-state index >= 15 is 0 Å². The number of nitrogens with one attached hydrogen (secondary N) is 2. The Labute approximate surface area is 146 Å². The molecular formula is C15H21N3O6S. The molecule has 1 aromatic carbocycles. The Hall–Kier alpha value is -2.17. The summed E-state index contributed by atoms with van der Waals surface area (Å²) in [6.45, 7) is 0.418. The first kappa shape index (κ1) is 19.2. The van der Waals surface area contributed by atoms with Gasteiger partial charge in [-0.1, -0.05) is 6.07 Å². The smallest absolute Gasteiger partial charge is 0.313 e. The molecule has 1 aliphatic heterocycles. The molecule has 0 bridgehead atoms. The summed E-state index contributed by atoms with van der Waals surface area (Å²) in [6, 6.07) is 6.34. The molecule has 9 nitrogen and oxygen atoms in total. The third-order valence-electron chi connectivity index (χ3n) is 3.65. The molecule has 2 N–H and O–H groups in total. The van der Waals surface area contributed by atoms with Crippen LogP contribution in [0.25, 0.3) is 0 Å². The molecule has 25 heavy (non-hydrogen) atoms. The topological polar surface area (TPSA) is 114 Å². The summed E-state index contributed by atoms with van der Waals surface area (Å²) in [5, 5.41) is 4.82. The minimum Gasteiger partial charge on any atom is -0.354 e. The van der Waals surface area contributed by atoms with Crippen LogP contribution in [0, 0.1) is 0 Å². The van der Waals surface area contributed by atoms with Crippen molar-refractivity contribution in [2.24, 2.45) is 0 Å². The molecule has 138 valence electrons. The lowest BCUT2D eigenvalue weighted by molar-refractivity contribution is -0.139. The van der Waals surface area contributed by atoms with E-state index in [1.165, 1.54) is 24.6 Å². The van der Waals surface area contributed by atoms with Crippen LogP contribution < -0.4 is 14.9 Å². The van der Waals surface area contributed by atoms with Crippen molar-refractivity contribution in [3.05, 3.63) is 24.3 Å². The van der Waals surface area contributed by atoms with Gasteiger partial charge in [-0.25, -0.2) is 8.42 Å². The van der Waals surface area contributed by atoms with Gasteiger partial charge in [0.15, 0.2) is 6.29 Å². The number of ether oxygens (including phenoxy) is 2. The van der Waals surface area contributed by atoms with E-state index in [1.807, 2.05) is 0 Å². The number of rotatable bonds is 6. The van der Waals surface area contributed by atoms with Crippen molar-refractivity contribution in [3.8, 4) is 0 Å². The molecule has 0 unspecified atom stereocenters. The Balaban J connectivity index is 1.99. The quantitative estimate of drug-likeness (QED) is 0.533. The van der Waals surface area contributed by atoms with Crippen LogP contribution in [-0.4, -0.2) is 59.6 Å². The number of hydrogen-bond acceptors (Lipinski definition) is 6. The van der Waals surface area contributed by atoms with Gasteiger partial charge in [-0.15, -0.1) is 0 Å². The van der Waals surface area contributed by atoms with Crippen molar-refractivity contribution >= 4 is 33.2 Å². The molecule has 0 saturated carbocycles. The van der Waals surface area contributed by atoms with E-state index in [2.05, 4.69) is 10.6 Å². The van der Waals surface area contributed by atoms with Crippen LogP contribution in [0.5, 0.6) is 0 Å². The molecule has 10 heteroatoms. The van der Waals surface area contributed by atoms with Crippen molar-refractivity contribution in [2.45, 2.75) is 12.7 Å². The van der Waals surface area contributed by atoms with Crippen LogP contribution in [0.1, 0.15) is 6.42 Å². The largest absolute Gasteiger partial charge is 0.354 e. The Kier molecular flexibility index (Phi) is 6.34. The molecule has 2 amide bonds. The molecule has 1 heterocycles. The highest BCUT2D eigenvalue weighted by Crippen LogP contribution is 2.26. The average Bonchev–Trinajstić information content (AvgIpc) is 2.95. The molecule has 1 aromatic rings. The van der Waals surface area contributed by atoms with Gasteiger partial charge in [-0.05, 0) is 24.6 Å². The first-order valence-corrected chi connectivity index (χ1v) is 9.23. The number of anilines is 2. The summed E-state index contributed by atoms with van der Waals surface area (Å²) in [5.41, 5.74) is 0.782. The van der Waals surface area contributed by atoms with E-state index < -0.39 is 28.1 Å². The van der Waals surface area contributed by atoms with E-state index in [0.717, 1.165) is 0 Å². The number of carbonyl (C=O) groups is 2. The fourth-order valence-electron chi connectivity index (χ4n) is 2.38. The predicted octanol–water partition coefficient (Wildman–Crippen LogP) is -0.0999. The lowest BCUT2D eigenvalue weighted by Crippen LogP contribution is -2.40. The first-order valence-electron chi connectivity index (χ1n) is 7.62. The Morgan fingerprint density at radius 2 is 1.96 bits per heavy atom. The lowest BCUT2D eigenvalue weighted by atomic mass is 10.2. The van der Waals surface area contributed by atoms with Crippen LogP contribution in [0.2, 0.25) is 0 Å². The van der Waals surface area contributed by atoms with Crippen molar-refractivity contribution in [1.29, 1.82) is 0 Å². The van der Waals surface area contributed by atoms with E-state index in [4.69, 9.17) is 9.47 Å². The maximum atomic E-state index is 12.0. The summed E-state index contributed by atoms with van der Waals surface area (Å²) in [5.74, 6) is -1.61. The molecular weight excluding hydrogens is 350 g/mol. The van der Waals surface area contributed by atoms with Gasteiger partial charge in [0.2, 0.25) is 10.0 Å². The molecule has 1 fully saturated rings. The Morgan fingerprint density at radius 1 is 1.24 bits per heavy atom. The zero-order chi connectivity index (χ0) is 18.4. The monoisotopic (exact) mass is 371 g/mol. The van der Waals surface area contributed by atoms with E-state index in [9.17, 15) is 18.0 Å². The third-order valence-corrected chi connectivity index (χ3v) is 5.52. The van der Waals surface area contributed by atoms with Crippen molar-refractivity contribution in [3.63, 3.8) is 0 Å². The van der Waals surface area contributed by atoms with Crippen molar-refractivity contribution in [1.82, 2.24) is 5.32 Å². The molecule has 1 aliphatic rings. The second kappa shape index (κ2) is 8.28. The van der Waals surface area contributed by atoms with E-state index in [0.29, 0.717) is 24.3 Å². The number of nitrogens with zero attached hydrogens (tertiary/aromatic N) is 1. The SMILES string of the molecule is COC(CNC(=O)C(=O)Nc1cccc(N2CCCS2(=O)=O)c1)OC. The lowest BCUT2D eigenvalue weighted by Gasteiger charge is -2.18. The van der Waals surface area contributed by atoms with Gasteiger partial charge in [0.05, 0.1) is 18.0 Å². The zero-order valence-corrected chi connectivity index (χ0v) is 14.8. The average molecular weight is 371 g/mol. The standard InChI is InChI=1S/C15H21N3O6S/c1-23-13(24-2)10-16-14(19)15(20)17-11-5-3-6-12(9-11)18-7-4-8-25(18,21)22/h3,5-6,9,13H,4,7-8,10H2,1-2H3,(H,16,19)(H,17,20). The molecule has 0 atom stereocenters. The fraction of sp³-hybridized carbons (Fsp3) is 0.467. The molecule has 0 aromatic heterocycles. The number of hydrogen-bond donors (Lipinski definition) is 2. The van der Waals surface area contributed by atoms with E-state index in [-0.39, 0.29) is 12.3 Å². The highest BCUT2D eigenvalue weighted by Gasteiger charge is 2.28. The summed E-state index contributed by atoms with van der Waals surface area (Å²) in [6.07, 6.45) is -0.0953. The van der Waals surface area contributed by atoms with Gasteiger partial charge < -0.3 is 20.1 Å². The third kappa shape index (κ3) is 4.91. The minimum atomic E-state index is -3.31. The molecule has 1 saturated heterocycles. The van der Waals surface area contributed by atoms with Crippen LogP contribution >= 0.6 is 0 Å². The molecule has 2 rings (SSSR count). The normalized spacial score (nSPS) is 16.0. The summed E-state index contributed by atoms with van der Waals surface area (Å²) < 4.78 is 35.0. The van der Waals surface area contributed by atoms with Gasteiger partial charge in [0.25, 0.3) is 0 Å². The summed E-state index contributed by atoms with van der Waals surface area (Å²) in [4.78, 5) is 23.7. The number of carbonyl (C=O) groups excluding carboxylic acids is 2. The number of benzene rings is 1. The van der Waals surface area contributed by atoms with Gasteiger partial charge in [-0.2, -0.15) is 0 Å². The van der Waals surface area contributed by atoms with Gasteiger partial charge >= 0.3 is 11.8 Å². The maximum absolute atomic E-state index is 12.0. The molecule has 0 spiro atoms. The Morgan fingerprint density at radius 3 is 2.56 bits per heavy atom. The van der Waals surface area contributed by atoms with Crippen LogP contribution in [-0.2, 0) is 29.1 Å². The van der Waals surface area contributed by atoms with Crippen LogP contribution in [0.4, 0.5) is 11.4 Å². The number of methoxy groups -OCH3 is 2. The van der Waals surface area contributed by atoms with Gasteiger partial charge in [0.1, 0.15) is 0 Å². The Bertz CT molecular complexity index is 733. The maximum Gasteiger partial charge on any atom is 0.313 e. The highest BCUT2D eigenvalue weighted by atomic mass is 32.2. The fourth-order valence-corrected chi connectivity index (χ4v) is 3.93. The van der Waals surface area contributed by atoms with Crippen molar-refractivity contribution < 1.29 is 27.5 Å². The minimum absolute atomic E-state index is 0.0192. The van der Waals surface area contributed by atoms with Gasteiger partial charge in [0, 0.05) is 26.5 Å². The van der Waals surface area contributed by atoms with Crippen molar-refractivity contribution in [2.75, 3.05) is 42.7 Å². The number of sulfonamides is 1. The zero-order valence-electron chi connectivity index (χ0n) is 14.0.